The number of benzene rings is 3. The molecule has 2 nitrogen and oxygen atoms in total. The summed E-state index contributed by atoms with van der Waals surface area (Å²) in [7, 11) is 0. The lowest BCUT2D eigenvalue weighted by atomic mass is 10.1. The zero-order valence-corrected chi connectivity index (χ0v) is 14.3. The Balaban J connectivity index is 1.55. The molecule has 0 amide bonds. The Morgan fingerprint density at radius 3 is 2.25 bits per heavy atom. The smallest absolute Gasteiger partial charge is 0.119 e. The maximum Gasteiger partial charge on any atom is 0.119 e. The van der Waals surface area contributed by atoms with Crippen molar-refractivity contribution in [3.05, 3.63) is 95.1 Å². The summed E-state index contributed by atoms with van der Waals surface area (Å²) in [6, 6.07) is 24.8. The molecule has 0 aliphatic carbocycles. The van der Waals surface area contributed by atoms with Crippen LogP contribution >= 0.6 is 0 Å². The Bertz CT molecular complexity index is 779. The molecule has 0 saturated carbocycles. The van der Waals surface area contributed by atoms with E-state index in [1.165, 1.54) is 27.9 Å². The molecule has 0 atom stereocenters. The minimum absolute atomic E-state index is 0.598. The van der Waals surface area contributed by atoms with Crippen molar-refractivity contribution in [3.63, 3.8) is 0 Å². The molecular formula is C22H23NO. The molecule has 1 N–H and O–H groups in total. The zero-order chi connectivity index (χ0) is 16.8. The predicted octanol–water partition coefficient (Wildman–Crippen LogP) is 5.49. The molecule has 0 heterocycles. The van der Waals surface area contributed by atoms with E-state index in [9.17, 15) is 0 Å². The van der Waals surface area contributed by atoms with Crippen LogP contribution in [0.3, 0.4) is 0 Å². The van der Waals surface area contributed by atoms with Crippen LogP contribution < -0.4 is 10.1 Å². The van der Waals surface area contributed by atoms with Crippen LogP contribution in [-0.2, 0) is 13.2 Å². The Kier molecular flexibility index (Phi) is 5.17. The fourth-order valence-electron chi connectivity index (χ4n) is 2.58. The SMILES string of the molecule is Cc1cccc(NCc2ccc(OCc3ccccc3)cc2)c1C. The standard InChI is InChI=1S/C22H23NO/c1-17-7-6-10-22(18(17)2)23-15-19-11-13-21(14-12-19)24-16-20-8-4-3-5-9-20/h3-14,23H,15-16H2,1-2H3. The summed E-state index contributed by atoms with van der Waals surface area (Å²) in [4.78, 5) is 0. The van der Waals surface area contributed by atoms with Gasteiger partial charge in [-0.1, -0.05) is 54.6 Å². The van der Waals surface area contributed by atoms with Gasteiger partial charge in [-0.05, 0) is 54.3 Å². The summed E-state index contributed by atoms with van der Waals surface area (Å²) in [6.45, 7) is 5.70. The fourth-order valence-corrected chi connectivity index (χ4v) is 2.58. The van der Waals surface area contributed by atoms with Gasteiger partial charge < -0.3 is 10.1 Å². The van der Waals surface area contributed by atoms with Gasteiger partial charge in [0.1, 0.15) is 12.4 Å². The van der Waals surface area contributed by atoms with Gasteiger partial charge in [0.2, 0.25) is 0 Å². The highest BCUT2D eigenvalue weighted by Gasteiger charge is 2.01. The van der Waals surface area contributed by atoms with Crippen molar-refractivity contribution in [2.24, 2.45) is 0 Å². The molecule has 0 saturated heterocycles. The first-order valence-electron chi connectivity index (χ1n) is 8.28. The van der Waals surface area contributed by atoms with Gasteiger partial charge in [-0.15, -0.1) is 0 Å². The molecule has 3 aromatic rings. The molecule has 0 aliphatic heterocycles. The van der Waals surface area contributed by atoms with Crippen molar-refractivity contribution in [2.45, 2.75) is 27.0 Å². The number of rotatable bonds is 6. The molecule has 0 bridgehead atoms. The quantitative estimate of drug-likeness (QED) is 0.648. The Hall–Kier alpha value is -2.74. The molecule has 0 aromatic heterocycles. The Labute approximate surface area is 144 Å². The molecule has 0 spiro atoms. The van der Waals surface area contributed by atoms with Crippen molar-refractivity contribution in [3.8, 4) is 5.75 Å². The van der Waals surface area contributed by atoms with E-state index in [4.69, 9.17) is 4.74 Å². The number of nitrogens with one attached hydrogen (secondary N) is 1. The van der Waals surface area contributed by atoms with Crippen LogP contribution in [0.25, 0.3) is 0 Å². The monoisotopic (exact) mass is 317 g/mol. The summed E-state index contributed by atoms with van der Waals surface area (Å²) < 4.78 is 5.82. The molecule has 24 heavy (non-hydrogen) atoms. The van der Waals surface area contributed by atoms with Crippen LogP contribution in [0, 0.1) is 13.8 Å². The largest absolute Gasteiger partial charge is 0.489 e. The van der Waals surface area contributed by atoms with Gasteiger partial charge in [0.15, 0.2) is 0 Å². The predicted molar refractivity (Wildman–Crippen MR) is 100 cm³/mol. The normalized spacial score (nSPS) is 10.4. The van der Waals surface area contributed by atoms with Gasteiger partial charge >= 0.3 is 0 Å². The van der Waals surface area contributed by atoms with E-state index in [1.807, 2.05) is 30.3 Å². The van der Waals surface area contributed by atoms with Crippen LogP contribution in [0.5, 0.6) is 5.75 Å². The summed E-state index contributed by atoms with van der Waals surface area (Å²) in [5.41, 5.74) is 6.23. The molecule has 0 fully saturated rings. The van der Waals surface area contributed by atoms with Gasteiger partial charge in [0.05, 0.1) is 0 Å². The molecule has 2 heteroatoms. The average Bonchev–Trinajstić information content (AvgIpc) is 2.63. The second-order valence-electron chi connectivity index (χ2n) is 6.02. The van der Waals surface area contributed by atoms with E-state index in [1.54, 1.807) is 0 Å². The van der Waals surface area contributed by atoms with E-state index in [-0.39, 0.29) is 0 Å². The highest BCUT2D eigenvalue weighted by Crippen LogP contribution is 2.20. The van der Waals surface area contributed by atoms with E-state index in [2.05, 4.69) is 61.6 Å². The summed E-state index contributed by atoms with van der Waals surface area (Å²) >= 11 is 0. The van der Waals surface area contributed by atoms with Crippen LogP contribution in [-0.4, -0.2) is 0 Å². The number of anilines is 1. The lowest BCUT2D eigenvalue weighted by molar-refractivity contribution is 0.306. The summed E-state index contributed by atoms with van der Waals surface area (Å²) in [5.74, 6) is 0.898. The highest BCUT2D eigenvalue weighted by molar-refractivity contribution is 5.54. The third-order valence-corrected chi connectivity index (χ3v) is 4.26. The second-order valence-corrected chi connectivity index (χ2v) is 6.02. The summed E-state index contributed by atoms with van der Waals surface area (Å²) in [5, 5.41) is 3.51. The lowest BCUT2D eigenvalue weighted by Crippen LogP contribution is -2.02. The molecule has 3 aromatic carbocycles. The highest BCUT2D eigenvalue weighted by atomic mass is 16.5. The molecule has 3 rings (SSSR count). The van der Waals surface area contributed by atoms with Crippen molar-refractivity contribution in [1.29, 1.82) is 0 Å². The van der Waals surface area contributed by atoms with E-state index < -0.39 is 0 Å². The van der Waals surface area contributed by atoms with E-state index in [0.29, 0.717) is 6.61 Å². The Morgan fingerprint density at radius 1 is 0.750 bits per heavy atom. The molecule has 0 radical (unpaired) electrons. The zero-order valence-electron chi connectivity index (χ0n) is 14.3. The number of ether oxygens (including phenoxy) is 1. The van der Waals surface area contributed by atoms with Gasteiger partial charge in [0.25, 0.3) is 0 Å². The van der Waals surface area contributed by atoms with Gasteiger partial charge in [-0.2, -0.15) is 0 Å². The number of aryl methyl sites for hydroxylation is 1. The van der Waals surface area contributed by atoms with Crippen LogP contribution in [0.4, 0.5) is 5.69 Å². The van der Waals surface area contributed by atoms with Gasteiger partial charge in [-0.3, -0.25) is 0 Å². The molecule has 122 valence electrons. The minimum Gasteiger partial charge on any atom is -0.489 e. The van der Waals surface area contributed by atoms with Crippen LogP contribution in [0.1, 0.15) is 22.3 Å². The molecule has 0 aliphatic rings. The Morgan fingerprint density at radius 2 is 1.50 bits per heavy atom. The topological polar surface area (TPSA) is 21.3 Å². The number of hydrogen-bond donors (Lipinski definition) is 1. The average molecular weight is 317 g/mol. The molecular weight excluding hydrogens is 294 g/mol. The molecule has 0 unspecified atom stereocenters. The van der Waals surface area contributed by atoms with Crippen molar-refractivity contribution in [1.82, 2.24) is 0 Å². The van der Waals surface area contributed by atoms with Crippen LogP contribution in [0.15, 0.2) is 72.8 Å². The maximum absolute atomic E-state index is 5.82. The van der Waals surface area contributed by atoms with Crippen LogP contribution in [0.2, 0.25) is 0 Å². The number of hydrogen-bond acceptors (Lipinski definition) is 2. The second kappa shape index (κ2) is 7.69. The van der Waals surface area contributed by atoms with E-state index >= 15 is 0 Å². The first kappa shape index (κ1) is 16.1. The van der Waals surface area contributed by atoms with Crippen molar-refractivity contribution < 1.29 is 4.74 Å². The van der Waals surface area contributed by atoms with Crippen molar-refractivity contribution >= 4 is 5.69 Å². The first-order valence-corrected chi connectivity index (χ1v) is 8.28. The summed E-state index contributed by atoms with van der Waals surface area (Å²) in [6.07, 6.45) is 0. The van der Waals surface area contributed by atoms with Gasteiger partial charge in [0, 0.05) is 12.2 Å². The van der Waals surface area contributed by atoms with E-state index in [0.717, 1.165) is 12.3 Å². The fraction of sp³-hybridized carbons (Fsp3) is 0.182. The maximum atomic E-state index is 5.82. The van der Waals surface area contributed by atoms with Gasteiger partial charge in [-0.25, -0.2) is 0 Å². The third-order valence-electron chi connectivity index (χ3n) is 4.26. The third kappa shape index (κ3) is 4.17. The first-order chi connectivity index (χ1) is 11.7. The lowest BCUT2D eigenvalue weighted by Gasteiger charge is -2.12. The van der Waals surface area contributed by atoms with Crippen molar-refractivity contribution in [2.75, 3.05) is 5.32 Å². The minimum atomic E-state index is 0.598.